The number of esters is 2. The van der Waals surface area contributed by atoms with E-state index < -0.39 is 18.2 Å². The van der Waals surface area contributed by atoms with Crippen LogP contribution in [0.25, 0.3) is 0 Å². The van der Waals surface area contributed by atoms with Crippen molar-refractivity contribution < 1.29 is 19.1 Å². The molecular formula is C19H16ClNO4. The minimum absolute atomic E-state index is 0.133. The highest BCUT2D eigenvalue weighted by atomic mass is 35.5. The fourth-order valence-corrected chi connectivity index (χ4v) is 2.64. The lowest BCUT2D eigenvalue weighted by Crippen LogP contribution is -2.24. The first-order valence-electron chi connectivity index (χ1n) is 7.66. The summed E-state index contributed by atoms with van der Waals surface area (Å²) in [6.07, 6.45) is -1.21. The van der Waals surface area contributed by atoms with Crippen LogP contribution in [0.3, 0.4) is 0 Å². The van der Waals surface area contributed by atoms with E-state index in [0.29, 0.717) is 5.56 Å². The molecule has 3 rings (SSSR count). The molecule has 2 aromatic rings. The Morgan fingerprint density at radius 1 is 1.16 bits per heavy atom. The van der Waals surface area contributed by atoms with Gasteiger partial charge in [0.25, 0.3) is 6.29 Å². The zero-order chi connectivity index (χ0) is 18.0. The number of halogens is 1. The molecule has 0 saturated carbocycles. The van der Waals surface area contributed by atoms with Crippen LogP contribution in [0.1, 0.15) is 21.5 Å². The van der Waals surface area contributed by atoms with Gasteiger partial charge in [0.1, 0.15) is 5.70 Å². The largest absolute Gasteiger partial charge is 0.415 e. The Bertz CT molecular complexity index is 861. The van der Waals surface area contributed by atoms with Crippen molar-refractivity contribution in [2.24, 2.45) is 0 Å². The first-order valence-corrected chi connectivity index (χ1v) is 8.04. The summed E-state index contributed by atoms with van der Waals surface area (Å²) in [5.41, 5.74) is 3.38. The second-order valence-electron chi connectivity index (χ2n) is 5.68. The maximum atomic E-state index is 12.2. The molecule has 25 heavy (non-hydrogen) atoms. The summed E-state index contributed by atoms with van der Waals surface area (Å²) in [5, 5.41) is 2.91. The highest BCUT2D eigenvalue weighted by Gasteiger charge is 2.36. The van der Waals surface area contributed by atoms with E-state index in [1.54, 1.807) is 30.3 Å². The molecule has 0 fully saturated rings. The van der Waals surface area contributed by atoms with E-state index in [9.17, 15) is 9.59 Å². The van der Waals surface area contributed by atoms with Crippen molar-refractivity contribution in [3.63, 3.8) is 0 Å². The zero-order valence-electron chi connectivity index (χ0n) is 13.7. The fraction of sp³-hybridized carbons (Fsp3) is 0.158. The third-order valence-corrected chi connectivity index (χ3v) is 4.10. The van der Waals surface area contributed by atoms with E-state index in [0.717, 1.165) is 16.8 Å². The molecule has 1 N–H and O–H groups in total. The van der Waals surface area contributed by atoms with Crippen LogP contribution in [0.5, 0.6) is 0 Å². The molecule has 0 saturated heterocycles. The van der Waals surface area contributed by atoms with E-state index in [2.05, 4.69) is 5.32 Å². The van der Waals surface area contributed by atoms with Crippen molar-refractivity contribution in [1.82, 2.24) is 0 Å². The molecule has 0 spiro atoms. The summed E-state index contributed by atoms with van der Waals surface area (Å²) in [7, 11) is 0. The maximum Gasteiger partial charge on any atom is 0.355 e. The van der Waals surface area contributed by atoms with Crippen LogP contribution in [0, 0.1) is 13.8 Å². The quantitative estimate of drug-likeness (QED) is 0.840. The Labute approximate surface area is 150 Å². The summed E-state index contributed by atoms with van der Waals surface area (Å²) in [6, 6.07) is 14.2. The van der Waals surface area contributed by atoms with Gasteiger partial charge in [0.15, 0.2) is 5.03 Å². The highest BCUT2D eigenvalue weighted by molar-refractivity contribution is 6.42. The van der Waals surface area contributed by atoms with Crippen LogP contribution in [0.2, 0.25) is 0 Å². The number of hydrogen-bond acceptors (Lipinski definition) is 5. The molecule has 1 aliphatic rings. The van der Waals surface area contributed by atoms with E-state index in [-0.39, 0.29) is 10.7 Å². The summed E-state index contributed by atoms with van der Waals surface area (Å²) in [4.78, 5) is 24.0. The zero-order valence-corrected chi connectivity index (χ0v) is 14.5. The van der Waals surface area contributed by atoms with Gasteiger partial charge in [-0.25, -0.2) is 9.59 Å². The van der Waals surface area contributed by atoms with Crippen molar-refractivity contribution in [2.45, 2.75) is 20.1 Å². The molecule has 0 aliphatic carbocycles. The average Bonchev–Trinajstić information content (AvgIpc) is 2.85. The summed E-state index contributed by atoms with van der Waals surface area (Å²) in [6.45, 7) is 3.90. The van der Waals surface area contributed by atoms with Gasteiger partial charge in [-0.05, 0) is 37.6 Å². The number of ether oxygens (including phenoxy) is 2. The van der Waals surface area contributed by atoms with Crippen molar-refractivity contribution in [2.75, 3.05) is 5.32 Å². The molecule has 0 unspecified atom stereocenters. The molecule has 0 aromatic heterocycles. The third-order valence-electron chi connectivity index (χ3n) is 3.74. The van der Waals surface area contributed by atoms with Crippen molar-refractivity contribution >= 4 is 29.2 Å². The van der Waals surface area contributed by atoms with E-state index >= 15 is 0 Å². The lowest BCUT2D eigenvalue weighted by molar-refractivity contribution is -0.152. The van der Waals surface area contributed by atoms with Crippen LogP contribution in [0.15, 0.2) is 59.3 Å². The first-order chi connectivity index (χ1) is 12.0. The molecule has 6 heteroatoms. The maximum absolute atomic E-state index is 12.2. The second-order valence-corrected chi connectivity index (χ2v) is 6.06. The molecule has 1 aliphatic heterocycles. The van der Waals surface area contributed by atoms with Gasteiger partial charge in [-0.15, -0.1) is 0 Å². The second kappa shape index (κ2) is 6.99. The topological polar surface area (TPSA) is 64.6 Å². The fourth-order valence-electron chi connectivity index (χ4n) is 2.46. The molecular weight excluding hydrogens is 342 g/mol. The Morgan fingerprint density at radius 2 is 1.88 bits per heavy atom. The number of nitrogens with one attached hydrogen (secondary N) is 1. The van der Waals surface area contributed by atoms with Gasteiger partial charge in [-0.3, -0.25) is 0 Å². The van der Waals surface area contributed by atoms with Gasteiger partial charge in [0.05, 0.1) is 5.56 Å². The van der Waals surface area contributed by atoms with E-state index in [4.69, 9.17) is 21.1 Å². The van der Waals surface area contributed by atoms with Crippen LogP contribution in [-0.4, -0.2) is 18.2 Å². The van der Waals surface area contributed by atoms with Gasteiger partial charge in [-0.1, -0.05) is 47.5 Å². The average molecular weight is 358 g/mol. The summed E-state index contributed by atoms with van der Waals surface area (Å²) >= 11 is 6.04. The number of carbonyl (C=O) groups is 2. The number of carbonyl (C=O) groups excluding carboxylic acids is 2. The number of cyclic esters (lactones) is 1. The molecule has 0 amide bonds. The van der Waals surface area contributed by atoms with Gasteiger partial charge in [-0.2, -0.15) is 0 Å². The molecule has 1 heterocycles. The van der Waals surface area contributed by atoms with Crippen LogP contribution >= 0.6 is 11.6 Å². The Balaban J connectivity index is 1.82. The highest BCUT2D eigenvalue weighted by Crippen LogP contribution is 2.30. The van der Waals surface area contributed by atoms with Crippen molar-refractivity contribution in [3.05, 3.63) is 76.0 Å². The van der Waals surface area contributed by atoms with Crippen LogP contribution in [0.4, 0.5) is 5.69 Å². The SMILES string of the molecule is Cc1ccc(NC2=C(Cl)C(=O)O[C@H]2OC(=O)c2ccccc2)c(C)c1. The van der Waals surface area contributed by atoms with Gasteiger partial charge < -0.3 is 14.8 Å². The Hall–Kier alpha value is -2.79. The summed E-state index contributed by atoms with van der Waals surface area (Å²) in [5.74, 6) is -1.34. The molecule has 5 nitrogen and oxygen atoms in total. The smallest absolute Gasteiger partial charge is 0.355 e. The van der Waals surface area contributed by atoms with Crippen LogP contribution in [-0.2, 0) is 14.3 Å². The first kappa shape index (κ1) is 17.0. The Kier molecular flexibility index (Phi) is 4.76. The Morgan fingerprint density at radius 3 is 2.56 bits per heavy atom. The lowest BCUT2D eigenvalue weighted by Gasteiger charge is -2.17. The number of hydrogen-bond donors (Lipinski definition) is 1. The number of benzene rings is 2. The molecule has 128 valence electrons. The predicted octanol–water partition coefficient (Wildman–Crippen LogP) is 3.91. The van der Waals surface area contributed by atoms with Crippen molar-refractivity contribution in [3.8, 4) is 0 Å². The van der Waals surface area contributed by atoms with Gasteiger partial charge in [0, 0.05) is 5.69 Å². The minimum atomic E-state index is -1.21. The molecule has 0 bridgehead atoms. The summed E-state index contributed by atoms with van der Waals surface area (Å²) < 4.78 is 10.4. The molecule has 2 aromatic carbocycles. The lowest BCUT2D eigenvalue weighted by atomic mass is 10.1. The monoisotopic (exact) mass is 357 g/mol. The van der Waals surface area contributed by atoms with Crippen molar-refractivity contribution in [1.29, 1.82) is 0 Å². The van der Waals surface area contributed by atoms with E-state index in [1.807, 2.05) is 32.0 Å². The standard InChI is InChI=1S/C19H16ClNO4/c1-11-8-9-14(12(2)10-11)21-16-15(20)18(23)25-19(16)24-17(22)13-6-4-3-5-7-13/h3-10,19,21H,1-2H3/t19-/m1/s1. The number of aryl methyl sites for hydroxylation is 2. The van der Waals surface area contributed by atoms with Gasteiger partial charge >= 0.3 is 11.9 Å². The third kappa shape index (κ3) is 3.67. The number of rotatable bonds is 4. The molecule has 1 atom stereocenters. The number of anilines is 1. The van der Waals surface area contributed by atoms with E-state index in [1.165, 1.54) is 0 Å². The predicted molar refractivity (Wildman–Crippen MR) is 94.2 cm³/mol. The minimum Gasteiger partial charge on any atom is -0.415 e. The molecule has 0 radical (unpaired) electrons. The normalized spacial score (nSPS) is 16.6. The van der Waals surface area contributed by atoms with Gasteiger partial charge in [0.2, 0.25) is 0 Å². The van der Waals surface area contributed by atoms with Crippen LogP contribution < -0.4 is 5.32 Å².